The molecule has 0 N–H and O–H groups in total. The van der Waals surface area contributed by atoms with Crippen molar-refractivity contribution < 1.29 is 8.78 Å². The normalized spacial score (nSPS) is 19.1. The Morgan fingerprint density at radius 3 is 2.22 bits per heavy atom. The highest BCUT2D eigenvalue weighted by molar-refractivity contribution is 6.76. The molecule has 0 spiro atoms. The molecular weight excluding hydrogens is 291 g/mol. The molecule has 2 aromatic carbocycles. The molecule has 1 nitrogen and oxygen atoms in total. The van der Waals surface area contributed by atoms with Crippen LogP contribution in [0.4, 0.5) is 8.78 Å². The smallest absolute Gasteiger partial charge is 0.177 e. The highest BCUT2D eigenvalue weighted by Crippen LogP contribution is 2.52. The molecule has 1 aliphatic rings. The first kappa shape index (κ1) is 16.0. The number of fused-ring (bicyclic) bond motifs is 1. The fourth-order valence-electron chi connectivity index (χ4n) is 3.89. The maximum atomic E-state index is 14.5. The van der Waals surface area contributed by atoms with Crippen molar-refractivity contribution in [2.45, 2.75) is 40.3 Å². The summed E-state index contributed by atoms with van der Waals surface area (Å²) in [6, 6.07) is 8.21. The van der Waals surface area contributed by atoms with Crippen LogP contribution in [0, 0.1) is 33.8 Å². The van der Waals surface area contributed by atoms with Crippen LogP contribution < -0.4 is 5.46 Å². The minimum Gasteiger partial charge on any atom is -0.204 e. The van der Waals surface area contributed by atoms with E-state index in [9.17, 15) is 14.0 Å². The van der Waals surface area contributed by atoms with Gasteiger partial charge in [0.15, 0.2) is 18.3 Å². The van der Waals surface area contributed by atoms with Crippen molar-refractivity contribution in [3.8, 4) is 6.07 Å². The summed E-state index contributed by atoms with van der Waals surface area (Å²) in [5, 5.41) is 10.2. The molecule has 3 rings (SSSR count). The number of hydrogen-bond donors (Lipinski definition) is 0. The van der Waals surface area contributed by atoms with E-state index in [4.69, 9.17) is 0 Å². The maximum Gasteiger partial charge on any atom is 0.177 e. The first-order valence-corrected chi connectivity index (χ1v) is 7.98. The monoisotopic (exact) mass is 311 g/mol. The van der Waals surface area contributed by atoms with Gasteiger partial charge >= 0.3 is 0 Å². The zero-order chi connectivity index (χ0) is 17.0. The fourth-order valence-corrected chi connectivity index (χ4v) is 3.89. The lowest BCUT2D eigenvalue weighted by molar-refractivity contribution is 0.177. The van der Waals surface area contributed by atoms with Crippen LogP contribution in [0.1, 0.15) is 33.3 Å². The second-order valence-corrected chi connectivity index (χ2v) is 8.01. The predicted molar refractivity (Wildman–Crippen MR) is 91.1 cm³/mol. The zero-order valence-corrected chi connectivity index (χ0v) is 14.0. The lowest BCUT2D eigenvalue weighted by Crippen LogP contribution is -2.30. The Bertz CT molecular complexity index is 817. The van der Waals surface area contributed by atoms with Gasteiger partial charge in [-0.25, -0.2) is 8.78 Å². The molecule has 0 unspecified atom stereocenters. The van der Waals surface area contributed by atoms with Gasteiger partial charge in [-0.05, 0) is 34.4 Å². The quantitative estimate of drug-likeness (QED) is 0.697. The van der Waals surface area contributed by atoms with Gasteiger partial charge in [-0.2, -0.15) is 5.26 Å². The molecule has 1 saturated heterocycles. The van der Waals surface area contributed by atoms with Crippen molar-refractivity contribution in [3.05, 3.63) is 41.5 Å². The van der Waals surface area contributed by atoms with Crippen LogP contribution in [0.3, 0.4) is 0 Å². The van der Waals surface area contributed by atoms with E-state index in [1.165, 1.54) is 0 Å². The second-order valence-electron chi connectivity index (χ2n) is 8.01. The Morgan fingerprint density at radius 1 is 1.04 bits per heavy atom. The SMILES string of the molecule is CC1(C)CB(c2cc(C#N)cc3ccc(F)c(F)c23)CC1(C)C. The Labute approximate surface area is 136 Å². The Balaban J connectivity index is 2.25. The number of rotatable bonds is 1. The first-order chi connectivity index (χ1) is 10.7. The van der Waals surface area contributed by atoms with Crippen LogP contribution in [0.25, 0.3) is 10.8 Å². The van der Waals surface area contributed by atoms with Crippen LogP contribution >= 0.6 is 0 Å². The van der Waals surface area contributed by atoms with E-state index in [0.29, 0.717) is 16.3 Å². The molecule has 0 saturated carbocycles. The summed E-state index contributed by atoms with van der Waals surface area (Å²) < 4.78 is 28.2. The van der Waals surface area contributed by atoms with Crippen LogP contribution in [0.15, 0.2) is 24.3 Å². The van der Waals surface area contributed by atoms with Gasteiger partial charge in [0.1, 0.15) is 0 Å². The van der Waals surface area contributed by atoms with Gasteiger partial charge in [-0.1, -0.05) is 51.9 Å². The van der Waals surface area contributed by atoms with E-state index >= 15 is 0 Å². The molecule has 0 atom stereocenters. The number of halogens is 2. The van der Waals surface area contributed by atoms with E-state index in [1.807, 2.05) is 0 Å². The van der Waals surface area contributed by atoms with Gasteiger partial charge in [0.2, 0.25) is 0 Å². The highest BCUT2D eigenvalue weighted by atomic mass is 19.2. The molecule has 118 valence electrons. The summed E-state index contributed by atoms with van der Waals surface area (Å²) in [6.07, 6.45) is 1.81. The third kappa shape index (κ3) is 2.43. The molecule has 0 radical (unpaired) electrons. The summed E-state index contributed by atoms with van der Waals surface area (Å²) in [5.74, 6) is -1.63. The lowest BCUT2D eigenvalue weighted by atomic mass is 9.41. The summed E-state index contributed by atoms with van der Waals surface area (Å²) in [7, 11) is 0. The van der Waals surface area contributed by atoms with Gasteiger partial charge in [-0.15, -0.1) is 0 Å². The third-order valence-electron chi connectivity index (χ3n) is 5.95. The largest absolute Gasteiger partial charge is 0.204 e. The van der Waals surface area contributed by atoms with E-state index in [2.05, 4.69) is 33.8 Å². The second kappa shape index (κ2) is 5.06. The Kier molecular flexibility index (Phi) is 3.52. The molecule has 1 fully saturated rings. The molecular formula is C19H20BF2N. The third-order valence-corrected chi connectivity index (χ3v) is 5.95. The summed E-state index contributed by atoms with van der Waals surface area (Å²) in [4.78, 5) is 0. The molecule has 0 aromatic heterocycles. The summed E-state index contributed by atoms with van der Waals surface area (Å²) >= 11 is 0. The van der Waals surface area contributed by atoms with Gasteiger partial charge < -0.3 is 0 Å². The maximum absolute atomic E-state index is 14.5. The van der Waals surface area contributed by atoms with Crippen LogP contribution in [-0.2, 0) is 0 Å². The number of nitriles is 1. The molecule has 0 amide bonds. The fraction of sp³-hybridized carbons (Fsp3) is 0.421. The molecule has 23 heavy (non-hydrogen) atoms. The molecule has 1 aliphatic heterocycles. The van der Waals surface area contributed by atoms with E-state index in [1.54, 1.807) is 18.2 Å². The zero-order valence-electron chi connectivity index (χ0n) is 14.0. The number of nitrogens with zero attached hydrogens (tertiary/aromatic N) is 1. The average Bonchev–Trinajstić information content (AvgIpc) is 2.70. The minimum absolute atomic E-state index is 0.108. The molecule has 4 heteroatoms. The summed E-state index contributed by atoms with van der Waals surface area (Å²) in [6.45, 7) is 9.02. The Morgan fingerprint density at radius 2 is 1.65 bits per heavy atom. The van der Waals surface area contributed by atoms with E-state index in [0.717, 1.165) is 24.2 Å². The van der Waals surface area contributed by atoms with Crippen molar-refractivity contribution in [3.63, 3.8) is 0 Å². The van der Waals surface area contributed by atoms with Crippen molar-refractivity contribution in [2.24, 2.45) is 10.8 Å². The molecule has 1 heterocycles. The van der Waals surface area contributed by atoms with Crippen molar-refractivity contribution in [1.82, 2.24) is 0 Å². The van der Waals surface area contributed by atoms with Crippen LogP contribution in [0.5, 0.6) is 0 Å². The molecule has 0 aliphatic carbocycles. The average molecular weight is 311 g/mol. The summed E-state index contributed by atoms with van der Waals surface area (Å²) in [5.41, 5.74) is 1.49. The minimum atomic E-state index is -0.833. The van der Waals surface area contributed by atoms with Crippen molar-refractivity contribution >= 4 is 22.9 Å². The Hall–Kier alpha value is -1.89. The standard InChI is InChI=1S/C19H20BF2N/c1-18(2)10-20(11-19(18,3)4)14-8-12(9-23)7-13-5-6-15(21)17(22)16(13)14/h5-8H,10-11H2,1-4H3. The van der Waals surface area contributed by atoms with Crippen LogP contribution in [-0.4, -0.2) is 6.71 Å². The van der Waals surface area contributed by atoms with Gasteiger partial charge in [0.25, 0.3) is 0 Å². The van der Waals surface area contributed by atoms with Gasteiger partial charge in [0.05, 0.1) is 11.6 Å². The number of benzene rings is 2. The van der Waals surface area contributed by atoms with Crippen LogP contribution in [0.2, 0.25) is 12.6 Å². The van der Waals surface area contributed by atoms with Gasteiger partial charge in [0, 0.05) is 5.39 Å². The van der Waals surface area contributed by atoms with E-state index in [-0.39, 0.29) is 17.5 Å². The predicted octanol–water partition coefficient (Wildman–Crippen LogP) is 4.76. The highest BCUT2D eigenvalue weighted by Gasteiger charge is 2.48. The lowest BCUT2D eigenvalue weighted by Gasteiger charge is -2.35. The number of hydrogen-bond acceptors (Lipinski definition) is 1. The van der Waals surface area contributed by atoms with E-state index < -0.39 is 11.6 Å². The molecule has 2 aromatic rings. The topological polar surface area (TPSA) is 23.8 Å². The van der Waals surface area contributed by atoms with Crippen molar-refractivity contribution in [1.29, 1.82) is 5.26 Å². The van der Waals surface area contributed by atoms with Gasteiger partial charge in [-0.3, -0.25) is 0 Å². The molecule has 0 bridgehead atoms. The first-order valence-electron chi connectivity index (χ1n) is 7.98. The van der Waals surface area contributed by atoms with Crippen molar-refractivity contribution in [2.75, 3.05) is 0 Å².